The first-order valence-corrected chi connectivity index (χ1v) is 6.51. The highest BCUT2D eigenvalue weighted by molar-refractivity contribution is 9.10. The van der Waals surface area contributed by atoms with Crippen LogP contribution in [0.4, 0.5) is 24.8 Å². The summed E-state index contributed by atoms with van der Waals surface area (Å²) in [7, 11) is 0. The Morgan fingerprint density at radius 3 is 2.20 bits per heavy atom. The molecule has 2 rings (SSSR count). The minimum Gasteiger partial charge on any atom is -0.324 e. The molecule has 1 aromatic heterocycles. The fourth-order valence-electron chi connectivity index (χ4n) is 1.33. The van der Waals surface area contributed by atoms with Crippen LogP contribution in [0.3, 0.4) is 0 Å². The van der Waals surface area contributed by atoms with Crippen LogP contribution in [0.5, 0.6) is 0 Å². The van der Waals surface area contributed by atoms with E-state index in [1.807, 2.05) is 0 Å². The second-order valence-corrected chi connectivity index (χ2v) is 5.04. The van der Waals surface area contributed by atoms with Gasteiger partial charge in [0.1, 0.15) is 0 Å². The van der Waals surface area contributed by atoms with Gasteiger partial charge >= 0.3 is 6.18 Å². The Bertz CT molecular complexity index is 631. The van der Waals surface area contributed by atoms with Crippen molar-refractivity contribution < 1.29 is 13.2 Å². The smallest absolute Gasteiger partial charge is 0.324 e. The molecule has 0 atom stereocenters. The highest BCUT2D eigenvalue weighted by atomic mass is 79.9. The second kappa shape index (κ2) is 5.71. The van der Waals surface area contributed by atoms with Crippen LogP contribution in [-0.4, -0.2) is 15.0 Å². The zero-order chi connectivity index (χ0) is 14.9. The first-order valence-electron chi connectivity index (χ1n) is 4.96. The first-order chi connectivity index (χ1) is 9.25. The van der Waals surface area contributed by atoms with Crippen molar-refractivity contribution in [1.29, 1.82) is 0 Å². The van der Waals surface area contributed by atoms with Gasteiger partial charge in [-0.15, -0.1) is 0 Å². The Kier molecular flexibility index (Phi) is 4.36. The molecule has 0 saturated heterocycles. The number of aromatic nitrogens is 3. The first kappa shape index (κ1) is 15.3. The van der Waals surface area contributed by atoms with Crippen LogP contribution in [-0.2, 0) is 6.18 Å². The van der Waals surface area contributed by atoms with Crippen LogP contribution in [0, 0.1) is 0 Å². The lowest BCUT2D eigenvalue weighted by Gasteiger charge is -2.11. The van der Waals surface area contributed by atoms with E-state index in [4.69, 9.17) is 23.2 Å². The molecule has 0 unspecified atom stereocenters. The Hall–Kier alpha value is -1.12. The van der Waals surface area contributed by atoms with Gasteiger partial charge in [0.25, 0.3) is 0 Å². The van der Waals surface area contributed by atoms with E-state index in [0.29, 0.717) is 0 Å². The van der Waals surface area contributed by atoms with E-state index in [2.05, 4.69) is 36.2 Å². The third-order valence-electron chi connectivity index (χ3n) is 2.11. The van der Waals surface area contributed by atoms with Gasteiger partial charge in [0, 0.05) is 10.2 Å². The summed E-state index contributed by atoms with van der Waals surface area (Å²) in [6.07, 6.45) is -4.48. The van der Waals surface area contributed by atoms with Gasteiger partial charge in [-0.25, -0.2) is 0 Å². The summed E-state index contributed by atoms with van der Waals surface area (Å²) >= 11 is 14.0. The molecule has 1 aromatic carbocycles. The predicted molar refractivity (Wildman–Crippen MR) is 72.3 cm³/mol. The van der Waals surface area contributed by atoms with Crippen molar-refractivity contribution in [3.05, 3.63) is 38.8 Å². The molecule has 1 heterocycles. The highest BCUT2D eigenvalue weighted by Crippen LogP contribution is 2.36. The zero-order valence-corrected chi connectivity index (χ0v) is 12.4. The molecule has 4 nitrogen and oxygen atoms in total. The largest absolute Gasteiger partial charge is 0.417 e. The molecular weight excluding hydrogens is 384 g/mol. The average Bonchev–Trinajstić information content (AvgIpc) is 2.29. The SMILES string of the molecule is FC(F)(F)c1cc(Nc2nc(Cl)nc(Cl)n2)ccc1Br. The Morgan fingerprint density at radius 1 is 1.05 bits per heavy atom. The topological polar surface area (TPSA) is 50.7 Å². The summed E-state index contributed by atoms with van der Waals surface area (Å²) in [5.41, 5.74) is -0.687. The highest BCUT2D eigenvalue weighted by Gasteiger charge is 2.33. The minimum atomic E-state index is -4.48. The van der Waals surface area contributed by atoms with Gasteiger partial charge in [-0.1, -0.05) is 15.9 Å². The Balaban J connectivity index is 2.35. The molecule has 0 amide bonds. The fourth-order valence-corrected chi connectivity index (χ4v) is 2.17. The summed E-state index contributed by atoms with van der Waals surface area (Å²) in [5, 5.41) is 2.24. The molecule has 0 fully saturated rings. The molecule has 0 saturated carbocycles. The molecule has 1 N–H and O–H groups in total. The molecule has 0 aliphatic rings. The van der Waals surface area contributed by atoms with Crippen LogP contribution in [0.2, 0.25) is 10.6 Å². The Morgan fingerprint density at radius 2 is 1.65 bits per heavy atom. The molecule has 0 radical (unpaired) electrons. The minimum absolute atomic E-state index is 0.0505. The van der Waals surface area contributed by atoms with Gasteiger partial charge in [-0.3, -0.25) is 0 Å². The van der Waals surface area contributed by atoms with E-state index in [1.165, 1.54) is 12.1 Å². The van der Waals surface area contributed by atoms with Crippen molar-refractivity contribution in [3.63, 3.8) is 0 Å². The van der Waals surface area contributed by atoms with E-state index in [9.17, 15) is 13.2 Å². The summed E-state index contributed by atoms with van der Waals surface area (Å²) in [6, 6.07) is 3.59. The number of rotatable bonds is 2. The van der Waals surface area contributed by atoms with E-state index in [-0.39, 0.29) is 26.7 Å². The maximum absolute atomic E-state index is 12.8. The molecule has 0 bridgehead atoms. The monoisotopic (exact) mass is 386 g/mol. The van der Waals surface area contributed by atoms with Crippen molar-refractivity contribution in [1.82, 2.24) is 15.0 Å². The third kappa shape index (κ3) is 3.71. The molecular formula is C10H4BrCl2F3N4. The van der Waals surface area contributed by atoms with E-state index < -0.39 is 11.7 Å². The summed E-state index contributed by atoms with van der Waals surface area (Å²) in [5.74, 6) is -0.0505. The van der Waals surface area contributed by atoms with Gasteiger partial charge in [0.15, 0.2) is 0 Å². The lowest BCUT2D eigenvalue weighted by Crippen LogP contribution is -2.07. The number of benzene rings is 1. The Labute approximate surface area is 129 Å². The number of anilines is 2. The number of hydrogen-bond donors (Lipinski definition) is 1. The maximum Gasteiger partial charge on any atom is 0.417 e. The van der Waals surface area contributed by atoms with E-state index >= 15 is 0 Å². The van der Waals surface area contributed by atoms with Gasteiger partial charge < -0.3 is 5.32 Å². The van der Waals surface area contributed by atoms with Gasteiger partial charge in [0.2, 0.25) is 16.5 Å². The standard InChI is InChI=1S/C10H4BrCl2F3N4/c11-6-2-1-4(3-5(6)10(14,15)16)17-9-19-7(12)18-8(13)20-9/h1-3H,(H,17,18,19,20). The molecule has 2 aromatic rings. The molecule has 106 valence electrons. The van der Waals surface area contributed by atoms with Crippen LogP contribution in [0.1, 0.15) is 5.56 Å². The predicted octanol–water partition coefficient (Wildman–Crippen LogP) is 4.70. The molecule has 0 aliphatic carbocycles. The number of hydrogen-bond acceptors (Lipinski definition) is 4. The van der Waals surface area contributed by atoms with Crippen molar-refractivity contribution >= 4 is 50.8 Å². The van der Waals surface area contributed by atoms with Crippen LogP contribution in [0.25, 0.3) is 0 Å². The van der Waals surface area contributed by atoms with Crippen molar-refractivity contribution in [2.75, 3.05) is 5.32 Å². The second-order valence-electron chi connectivity index (χ2n) is 3.51. The molecule has 10 heteroatoms. The van der Waals surface area contributed by atoms with Crippen LogP contribution in [0.15, 0.2) is 22.7 Å². The van der Waals surface area contributed by atoms with Crippen LogP contribution < -0.4 is 5.32 Å². The van der Waals surface area contributed by atoms with Gasteiger partial charge in [0.05, 0.1) is 5.56 Å². The van der Waals surface area contributed by atoms with Crippen molar-refractivity contribution in [2.24, 2.45) is 0 Å². The number of nitrogens with one attached hydrogen (secondary N) is 1. The molecule has 0 spiro atoms. The van der Waals surface area contributed by atoms with Crippen LogP contribution >= 0.6 is 39.1 Å². The quantitative estimate of drug-likeness (QED) is 0.811. The molecule has 20 heavy (non-hydrogen) atoms. The maximum atomic E-state index is 12.8. The molecule has 0 aliphatic heterocycles. The fraction of sp³-hybridized carbons (Fsp3) is 0.100. The average molecular weight is 388 g/mol. The van der Waals surface area contributed by atoms with E-state index in [0.717, 1.165) is 6.07 Å². The van der Waals surface area contributed by atoms with E-state index in [1.54, 1.807) is 0 Å². The lowest BCUT2D eigenvalue weighted by atomic mass is 10.2. The van der Waals surface area contributed by atoms with Gasteiger partial charge in [-0.05, 0) is 41.4 Å². The lowest BCUT2D eigenvalue weighted by molar-refractivity contribution is -0.138. The van der Waals surface area contributed by atoms with Gasteiger partial charge in [-0.2, -0.15) is 28.1 Å². The number of nitrogens with zero attached hydrogens (tertiary/aromatic N) is 3. The summed E-state index contributed by atoms with van der Waals surface area (Å²) in [6.45, 7) is 0. The van der Waals surface area contributed by atoms with Crippen molar-refractivity contribution in [2.45, 2.75) is 6.18 Å². The third-order valence-corrected chi connectivity index (χ3v) is 3.14. The summed E-state index contributed by atoms with van der Waals surface area (Å²) < 4.78 is 38.2. The number of alkyl halides is 3. The normalized spacial score (nSPS) is 11.5. The summed E-state index contributed by atoms with van der Waals surface area (Å²) in [4.78, 5) is 10.9. The zero-order valence-electron chi connectivity index (χ0n) is 9.34. The number of halogens is 6. The van der Waals surface area contributed by atoms with Crippen molar-refractivity contribution in [3.8, 4) is 0 Å².